The summed E-state index contributed by atoms with van der Waals surface area (Å²) < 4.78 is 1.88. The number of rotatable bonds is 6. The van der Waals surface area contributed by atoms with Crippen molar-refractivity contribution in [2.45, 2.75) is 26.4 Å². The first-order valence-electron chi connectivity index (χ1n) is 7.37. The van der Waals surface area contributed by atoms with Crippen LogP contribution in [0.3, 0.4) is 0 Å². The molecule has 0 fully saturated rings. The normalized spacial score (nSPS) is 12.4. The zero-order chi connectivity index (χ0) is 14.9. The molecule has 0 bridgehead atoms. The van der Waals surface area contributed by atoms with Crippen LogP contribution in [0.2, 0.25) is 0 Å². The maximum absolute atomic E-state index is 4.59. The number of benzene rings is 1. The Morgan fingerprint density at radius 1 is 1.27 bits per heavy atom. The molecule has 1 unspecified atom stereocenters. The second kappa shape index (κ2) is 10.2. The number of hydrogen-bond donors (Lipinski definition) is 2. The lowest BCUT2D eigenvalue weighted by molar-refractivity contribution is 0.617. The standard InChI is InChI=1S/C16H23N5.HI/c1-3-17-16(18-11-13-21-12-7-10-19-21)20-14(2)15-8-5-4-6-9-15;/h4-10,12,14H,3,11,13H2,1-2H3,(H2,17,18,20);1H. The van der Waals surface area contributed by atoms with Crippen LogP contribution >= 0.6 is 24.0 Å². The molecule has 0 aliphatic rings. The predicted octanol–water partition coefficient (Wildman–Crippen LogP) is 2.82. The van der Waals surface area contributed by atoms with Crippen molar-refractivity contribution < 1.29 is 0 Å². The van der Waals surface area contributed by atoms with E-state index in [9.17, 15) is 0 Å². The molecular formula is C16H24IN5. The highest BCUT2D eigenvalue weighted by molar-refractivity contribution is 14.0. The fraction of sp³-hybridized carbons (Fsp3) is 0.375. The summed E-state index contributed by atoms with van der Waals surface area (Å²) in [6, 6.07) is 12.5. The molecule has 0 radical (unpaired) electrons. The molecule has 0 saturated heterocycles. The van der Waals surface area contributed by atoms with Crippen molar-refractivity contribution in [3.63, 3.8) is 0 Å². The molecule has 2 N–H and O–H groups in total. The predicted molar refractivity (Wildman–Crippen MR) is 102 cm³/mol. The van der Waals surface area contributed by atoms with Crippen LogP contribution in [0.15, 0.2) is 53.8 Å². The van der Waals surface area contributed by atoms with Crippen LogP contribution in [-0.4, -0.2) is 28.8 Å². The first kappa shape index (κ1) is 18.5. The Morgan fingerprint density at radius 2 is 2.05 bits per heavy atom. The summed E-state index contributed by atoms with van der Waals surface area (Å²) >= 11 is 0. The molecule has 0 saturated carbocycles. The van der Waals surface area contributed by atoms with E-state index in [1.54, 1.807) is 6.20 Å². The van der Waals surface area contributed by atoms with Gasteiger partial charge >= 0.3 is 0 Å². The van der Waals surface area contributed by atoms with Crippen LogP contribution in [0.4, 0.5) is 0 Å². The molecule has 22 heavy (non-hydrogen) atoms. The average molecular weight is 413 g/mol. The van der Waals surface area contributed by atoms with Crippen molar-refractivity contribution >= 4 is 29.9 Å². The van der Waals surface area contributed by atoms with E-state index < -0.39 is 0 Å². The molecule has 1 aromatic carbocycles. The third-order valence-electron chi connectivity index (χ3n) is 3.16. The van der Waals surface area contributed by atoms with Gasteiger partial charge in [0, 0.05) is 18.9 Å². The van der Waals surface area contributed by atoms with Crippen molar-refractivity contribution in [3.8, 4) is 0 Å². The van der Waals surface area contributed by atoms with E-state index in [4.69, 9.17) is 0 Å². The molecule has 6 heteroatoms. The summed E-state index contributed by atoms with van der Waals surface area (Å²) in [6.45, 7) is 6.52. The molecule has 5 nitrogen and oxygen atoms in total. The van der Waals surface area contributed by atoms with Gasteiger partial charge in [-0.1, -0.05) is 30.3 Å². The summed E-state index contributed by atoms with van der Waals surface area (Å²) in [5.41, 5.74) is 1.25. The van der Waals surface area contributed by atoms with Gasteiger partial charge in [0.15, 0.2) is 5.96 Å². The lowest BCUT2D eigenvalue weighted by atomic mass is 10.1. The van der Waals surface area contributed by atoms with Crippen molar-refractivity contribution in [1.82, 2.24) is 20.4 Å². The largest absolute Gasteiger partial charge is 0.357 e. The van der Waals surface area contributed by atoms with E-state index in [0.717, 1.165) is 19.0 Å². The summed E-state index contributed by atoms with van der Waals surface area (Å²) in [4.78, 5) is 4.59. The lowest BCUT2D eigenvalue weighted by Crippen LogP contribution is -2.39. The molecule has 1 heterocycles. The van der Waals surface area contributed by atoms with Crippen LogP contribution in [0.25, 0.3) is 0 Å². The second-order valence-electron chi connectivity index (χ2n) is 4.81. The molecule has 120 valence electrons. The molecule has 0 aliphatic heterocycles. The third-order valence-corrected chi connectivity index (χ3v) is 3.16. The number of nitrogens with one attached hydrogen (secondary N) is 2. The monoisotopic (exact) mass is 413 g/mol. The van der Waals surface area contributed by atoms with Gasteiger partial charge in [-0.15, -0.1) is 24.0 Å². The summed E-state index contributed by atoms with van der Waals surface area (Å²) in [5.74, 6) is 0.834. The van der Waals surface area contributed by atoms with Crippen LogP contribution in [0.5, 0.6) is 0 Å². The highest BCUT2D eigenvalue weighted by Gasteiger charge is 2.06. The van der Waals surface area contributed by atoms with E-state index in [-0.39, 0.29) is 30.0 Å². The lowest BCUT2D eigenvalue weighted by Gasteiger charge is -2.18. The van der Waals surface area contributed by atoms with Gasteiger partial charge in [-0.05, 0) is 25.5 Å². The fourth-order valence-electron chi connectivity index (χ4n) is 2.05. The van der Waals surface area contributed by atoms with Gasteiger partial charge in [0.1, 0.15) is 0 Å². The van der Waals surface area contributed by atoms with Crippen LogP contribution in [-0.2, 0) is 6.54 Å². The van der Waals surface area contributed by atoms with Gasteiger partial charge in [0.2, 0.25) is 0 Å². The molecule has 2 aromatic rings. The molecule has 1 aromatic heterocycles. The Labute approximate surface area is 149 Å². The molecule has 0 aliphatic carbocycles. The minimum absolute atomic E-state index is 0. The topological polar surface area (TPSA) is 54.2 Å². The summed E-state index contributed by atoms with van der Waals surface area (Å²) in [7, 11) is 0. The quantitative estimate of drug-likeness (QED) is 0.435. The highest BCUT2D eigenvalue weighted by Crippen LogP contribution is 2.10. The van der Waals surface area contributed by atoms with Gasteiger partial charge in [-0.3, -0.25) is 9.67 Å². The number of aliphatic imine (C=N–C) groups is 1. The Bertz CT molecular complexity index is 539. The van der Waals surface area contributed by atoms with Crippen molar-refractivity contribution in [3.05, 3.63) is 54.4 Å². The maximum atomic E-state index is 4.59. The Balaban J connectivity index is 0.00000242. The number of nitrogens with zero attached hydrogens (tertiary/aromatic N) is 3. The number of halogens is 1. The van der Waals surface area contributed by atoms with E-state index >= 15 is 0 Å². The van der Waals surface area contributed by atoms with E-state index in [1.165, 1.54) is 5.56 Å². The average Bonchev–Trinajstić information content (AvgIpc) is 3.01. The van der Waals surface area contributed by atoms with Gasteiger partial charge < -0.3 is 10.6 Å². The van der Waals surface area contributed by atoms with Crippen LogP contribution in [0.1, 0.15) is 25.5 Å². The minimum atomic E-state index is 0. The Morgan fingerprint density at radius 3 is 2.68 bits per heavy atom. The molecule has 0 spiro atoms. The van der Waals surface area contributed by atoms with Crippen molar-refractivity contribution in [2.24, 2.45) is 4.99 Å². The van der Waals surface area contributed by atoms with E-state index in [1.807, 2.05) is 23.0 Å². The van der Waals surface area contributed by atoms with E-state index in [0.29, 0.717) is 6.54 Å². The number of hydrogen-bond acceptors (Lipinski definition) is 2. The van der Waals surface area contributed by atoms with Gasteiger partial charge in [-0.25, -0.2) is 0 Å². The smallest absolute Gasteiger partial charge is 0.191 e. The Hall–Kier alpha value is -1.57. The first-order valence-corrected chi connectivity index (χ1v) is 7.37. The summed E-state index contributed by atoms with van der Waals surface area (Å²) in [6.07, 6.45) is 3.73. The molecule has 0 amide bonds. The Kier molecular flexibility index (Phi) is 8.57. The first-order chi connectivity index (χ1) is 10.3. The molecular weight excluding hydrogens is 389 g/mol. The summed E-state index contributed by atoms with van der Waals surface area (Å²) in [5, 5.41) is 10.9. The van der Waals surface area contributed by atoms with Crippen molar-refractivity contribution in [1.29, 1.82) is 0 Å². The number of guanidine groups is 1. The minimum Gasteiger partial charge on any atom is -0.357 e. The fourth-order valence-corrected chi connectivity index (χ4v) is 2.05. The highest BCUT2D eigenvalue weighted by atomic mass is 127. The molecule has 2 rings (SSSR count). The van der Waals surface area contributed by atoms with Gasteiger partial charge in [-0.2, -0.15) is 5.10 Å². The molecule has 1 atom stereocenters. The van der Waals surface area contributed by atoms with Crippen LogP contribution in [0, 0.1) is 0 Å². The SMILES string of the molecule is CCNC(=NCCn1cccn1)NC(C)c1ccccc1.I. The van der Waals surface area contributed by atoms with Crippen LogP contribution < -0.4 is 10.6 Å². The van der Waals surface area contributed by atoms with Crippen molar-refractivity contribution in [2.75, 3.05) is 13.1 Å². The van der Waals surface area contributed by atoms with E-state index in [2.05, 4.69) is 58.8 Å². The zero-order valence-corrected chi connectivity index (χ0v) is 15.4. The third kappa shape index (κ3) is 6.05. The van der Waals surface area contributed by atoms with Gasteiger partial charge in [0.25, 0.3) is 0 Å². The zero-order valence-electron chi connectivity index (χ0n) is 13.1. The number of aromatic nitrogens is 2. The maximum Gasteiger partial charge on any atom is 0.191 e. The second-order valence-corrected chi connectivity index (χ2v) is 4.81. The van der Waals surface area contributed by atoms with Gasteiger partial charge in [0.05, 0.1) is 19.1 Å².